The van der Waals surface area contributed by atoms with Crippen LogP contribution in [0.25, 0.3) is 43.1 Å². The van der Waals surface area contributed by atoms with Crippen molar-refractivity contribution in [3.63, 3.8) is 0 Å². The van der Waals surface area contributed by atoms with Crippen LogP contribution in [-0.4, -0.2) is 0 Å². The second-order valence-corrected chi connectivity index (χ2v) is 21.5. The molecule has 0 amide bonds. The fraction of sp³-hybridized carbons (Fsp3) is 0.0857. The second kappa shape index (κ2) is 22.7. The summed E-state index contributed by atoms with van der Waals surface area (Å²) in [4.78, 5) is 4.68. The predicted molar refractivity (Wildman–Crippen MR) is 332 cm³/mol. The first kappa shape index (κ1) is 50.6. The first-order chi connectivity index (χ1) is 36.4. The molecule has 0 spiro atoms. The lowest BCUT2D eigenvalue weighted by atomic mass is 10.0. The molecule has 0 fully saturated rings. The van der Waals surface area contributed by atoms with Crippen molar-refractivity contribution < 1.29 is 0 Å². The average Bonchev–Trinajstić information content (AvgIpc) is 3.41. The van der Waals surface area contributed by atoms with E-state index in [1.165, 1.54) is 76.5 Å². The summed E-state index contributed by atoms with van der Waals surface area (Å²) in [6, 6.07) is 87.3. The molecule has 3 nitrogen and oxygen atoms in total. The zero-order valence-electron chi connectivity index (χ0n) is 43.2. The Labute approximate surface area is 459 Å². The zero-order chi connectivity index (χ0) is 52.0. The predicted octanol–water partition coefficient (Wildman–Crippen LogP) is 21.7. The number of anilines is 8. The van der Waals surface area contributed by atoms with Crippen LogP contribution >= 0.6 is 31.9 Å². The zero-order valence-corrected chi connectivity index (χ0v) is 46.4. The highest BCUT2D eigenvalue weighted by Crippen LogP contribution is 2.40. The van der Waals surface area contributed by atoms with E-state index in [-0.39, 0.29) is 0 Å². The van der Waals surface area contributed by atoms with Gasteiger partial charge in [-0.2, -0.15) is 0 Å². The molecule has 368 valence electrons. The van der Waals surface area contributed by atoms with Crippen LogP contribution < -0.4 is 15.1 Å². The minimum absolute atomic E-state index is 1.12. The van der Waals surface area contributed by atoms with E-state index in [1.54, 1.807) is 0 Å². The Bertz CT molecular complexity index is 3560. The number of hydrogen-bond acceptors (Lipinski definition) is 3. The van der Waals surface area contributed by atoms with Crippen LogP contribution in [0, 0.1) is 41.5 Å². The fourth-order valence-corrected chi connectivity index (χ4v) is 10.1. The monoisotopic (exact) mass is 1100 g/mol. The van der Waals surface area contributed by atoms with Gasteiger partial charge in [-0.3, -0.25) is 0 Å². The Hall–Kier alpha value is -7.96. The number of benzene rings is 12. The van der Waals surface area contributed by atoms with Crippen molar-refractivity contribution in [1.29, 1.82) is 0 Å². The second-order valence-electron chi connectivity index (χ2n) is 19.6. The quantitative estimate of drug-likeness (QED) is 0.153. The summed E-state index contributed by atoms with van der Waals surface area (Å²) >= 11 is 7.00. The molecule has 0 saturated heterocycles. The van der Waals surface area contributed by atoms with Crippen molar-refractivity contribution >= 4 is 120 Å². The summed E-state index contributed by atoms with van der Waals surface area (Å²) in [7, 11) is 0. The molecule has 0 aliphatic heterocycles. The molecule has 0 heterocycles. The van der Waals surface area contributed by atoms with E-state index >= 15 is 0 Å². The number of nitrogens with zero attached hydrogens (tertiary/aromatic N) is 2. The van der Waals surface area contributed by atoms with Gasteiger partial charge in [0.2, 0.25) is 0 Å². The van der Waals surface area contributed by atoms with E-state index in [2.05, 4.69) is 331 Å². The number of nitrogens with one attached hydrogen (secondary N) is 1. The lowest BCUT2D eigenvalue weighted by molar-refractivity contribution is 1.27. The Balaban J connectivity index is 0.000000167. The standard InChI is InChI=1S/C42H36N2.C14H8Br2.C14H15N/c1-29-5-15-37(16-6-29)43(38-17-7-30(2)8-18-38)41-23-13-33-26-36-28-42(24-14-34(36)25-35(33)27-41)44(39-19-9-31(3)10-20-39)40-21-11-32(4)12-22-40;15-13-3-1-9-5-12-8-14(16)4-2-10(12)6-11(9)7-13;1-11-3-7-13(8-4-11)15-14-9-5-12(2)6-10-14/h5-28H,1-4H3;1-8H;3-10,15H,1-2H3. The lowest BCUT2D eigenvalue weighted by Gasteiger charge is -2.26. The van der Waals surface area contributed by atoms with E-state index in [9.17, 15) is 0 Å². The van der Waals surface area contributed by atoms with Gasteiger partial charge in [0, 0.05) is 54.4 Å². The molecule has 1 N–H and O–H groups in total. The molecule has 12 rings (SSSR count). The van der Waals surface area contributed by atoms with Gasteiger partial charge in [0.15, 0.2) is 0 Å². The first-order valence-electron chi connectivity index (χ1n) is 25.4. The van der Waals surface area contributed by atoms with Gasteiger partial charge in [0.25, 0.3) is 0 Å². The van der Waals surface area contributed by atoms with Gasteiger partial charge in [0.1, 0.15) is 0 Å². The van der Waals surface area contributed by atoms with Crippen molar-refractivity contribution in [3.8, 4) is 0 Å². The van der Waals surface area contributed by atoms with Crippen molar-refractivity contribution in [1.82, 2.24) is 0 Å². The van der Waals surface area contributed by atoms with Gasteiger partial charge in [-0.1, -0.05) is 162 Å². The number of hydrogen-bond donors (Lipinski definition) is 1. The lowest BCUT2D eigenvalue weighted by Crippen LogP contribution is -2.10. The fourth-order valence-electron chi connectivity index (χ4n) is 9.30. The SMILES string of the molecule is Brc1ccc2cc3cc(Br)ccc3cc2c1.Cc1ccc(N(c2ccc(C)cc2)c2ccc3cc4cc(N(c5ccc(C)cc5)c5ccc(C)cc5)ccc4cc3c2)cc1.Cc1ccc(Nc2ccc(C)cc2)cc1. The Morgan fingerprint density at radius 1 is 0.227 bits per heavy atom. The van der Waals surface area contributed by atoms with Gasteiger partial charge in [-0.05, 0) is 230 Å². The van der Waals surface area contributed by atoms with Crippen LogP contribution in [0.5, 0.6) is 0 Å². The smallest absolute Gasteiger partial charge is 0.0468 e. The third-order valence-electron chi connectivity index (χ3n) is 13.6. The molecule has 0 atom stereocenters. The largest absolute Gasteiger partial charge is 0.356 e. The van der Waals surface area contributed by atoms with E-state index in [1.807, 2.05) is 0 Å². The van der Waals surface area contributed by atoms with Gasteiger partial charge in [-0.15, -0.1) is 0 Å². The Morgan fingerprint density at radius 2 is 0.453 bits per heavy atom. The Morgan fingerprint density at radius 3 is 0.733 bits per heavy atom. The van der Waals surface area contributed by atoms with Crippen molar-refractivity contribution in [2.24, 2.45) is 0 Å². The van der Waals surface area contributed by atoms with E-state index in [4.69, 9.17) is 0 Å². The van der Waals surface area contributed by atoms with Gasteiger partial charge < -0.3 is 15.1 Å². The van der Waals surface area contributed by atoms with Gasteiger partial charge in [-0.25, -0.2) is 0 Å². The molecular formula is C70H59Br2N3. The average molecular weight is 1100 g/mol. The van der Waals surface area contributed by atoms with Crippen LogP contribution in [0.1, 0.15) is 33.4 Å². The summed E-state index contributed by atoms with van der Waals surface area (Å²) < 4.78 is 2.24. The maximum absolute atomic E-state index is 3.50. The molecule has 0 bridgehead atoms. The maximum atomic E-state index is 3.50. The number of rotatable bonds is 8. The minimum atomic E-state index is 1.12. The van der Waals surface area contributed by atoms with Crippen LogP contribution in [0.15, 0.2) is 252 Å². The van der Waals surface area contributed by atoms with E-state index < -0.39 is 0 Å². The summed E-state index contributed by atoms with van der Waals surface area (Å²) in [6.07, 6.45) is 0. The molecule has 0 aromatic heterocycles. The van der Waals surface area contributed by atoms with Crippen molar-refractivity contribution in [2.75, 3.05) is 15.1 Å². The molecule has 5 heteroatoms. The van der Waals surface area contributed by atoms with Gasteiger partial charge >= 0.3 is 0 Å². The summed E-state index contributed by atoms with van der Waals surface area (Å²) in [5.74, 6) is 0. The normalized spacial score (nSPS) is 10.9. The van der Waals surface area contributed by atoms with E-state index in [0.29, 0.717) is 0 Å². The van der Waals surface area contributed by atoms with Gasteiger partial charge in [0.05, 0.1) is 0 Å². The number of aryl methyl sites for hydroxylation is 6. The van der Waals surface area contributed by atoms with Crippen LogP contribution in [0.2, 0.25) is 0 Å². The van der Waals surface area contributed by atoms with Crippen LogP contribution in [0.3, 0.4) is 0 Å². The third kappa shape index (κ3) is 12.4. The minimum Gasteiger partial charge on any atom is -0.356 e. The van der Waals surface area contributed by atoms with Crippen molar-refractivity contribution in [2.45, 2.75) is 41.5 Å². The number of fused-ring (bicyclic) bond motifs is 4. The number of halogens is 2. The molecule has 0 aliphatic carbocycles. The highest BCUT2D eigenvalue weighted by Gasteiger charge is 2.16. The van der Waals surface area contributed by atoms with E-state index in [0.717, 1.165) is 54.4 Å². The first-order valence-corrected chi connectivity index (χ1v) is 27.0. The molecule has 0 aliphatic rings. The van der Waals surface area contributed by atoms with Crippen molar-refractivity contribution in [3.05, 3.63) is 285 Å². The summed E-state index contributed by atoms with van der Waals surface area (Å²) in [5, 5.41) is 13.3. The molecule has 12 aromatic carbocycles. The molecule has 12 aromatic rings. The summed E-state index contributed by atoms with van der Waals surface area (Å²) in [5.41, 5.74) is 16.7. The molecule has 0 radical (unpaired) electrons. The summed E-state index contributed by atoms with van der Waals surface area (Å²) in [6.45, 7) is 12.7. The molecule has 75 heavy (non-hydrogen) atoms. The molecule has 0 saturated carbocycles. The molecule has 0 unspecified atom stereocenters. The van der Waals surface area contributed by atoms with Crippen LogP contribution in [0.4, 0.5) is 45.5 Å². The maximum Gasteiger partial charge on any atom is 0.0468 e. The highest BCUT2D eigenvalue weighted by molar-refractivity contribution is 9.10. The molecular weight excluding hydrogens is 1040 g/mol. The van der Waals surface area contributed by atoms with Crippen LogP contribution in [-0.2, 0) is 0 Å². The Kier molecular flexibility index (Phi) is 15.3. The third-order valence-corrected chi connectivity index (χ3v) is 14.5. The highest BCUT2D eigenvalue weighted by atomic mass is 79.9. The topological polar surface area (TPSA) is 18.5 Å².